The molecule has 2 rings (SSSR count). The van der Waals surface area contributed by atoms with E-state index in [2.05, 4.69) is 17.2 Å². The zero-order valence-corrected chi connectivity index (χ0v) is 19.1. The van der Waals surface area contributed by atoms with Crippen LogP contribution in [0.1, 0.15) is 91.4 Å². The summed E-state index contributed by atoms with van der Waals surface area (Å²) >= 11 is 0. The minimum absolute atomic E-state index is 0.0320. The van der Waals surface area contributed by atoms with E-state index in [1.165, 1.54) is 12.8 Å². The van der Waals surface area contributed by atoms with Crippen molar-refractivity contribution in [3.05, 3.63) is 22.5 Å². The molecule has 1 fully saturated rings. The van der Waals surface area contributed by atoms with Crippen LogP contribution in [-0.2, 0) is 9.53 Å². The van der Waals surface area contributed by atoms with Crippen molar-refractivity contribution in [3.63, 3.8) is 0 Å². The lowest BCUT2D eigenvalue weighted by Crippen LogP contribution is -2.45. The highest BCUT2D eigenvalue weighted by Gasteiger charge is 2.31. The quantitative estimate of drug-likeness (QED) is 0.471. The summed E-state index contributed by atoms with van der Waals surface area (Å²) in [6.45, 7) is 11.0. The average molecular weight is 420 g/mol. The fourth-order valence-electron chi connectivity index (χ4n) is 3.98. The lowest BCUT2D eigenvalue weighted by Gasteiger charge is -2.32. The minimum Gasteiger partial charge on any atom is -0.459 e. The highest BCUT2D eigenvalue weighted by molar-refractivity contribution is 6.00. The van der Waals surface area contributed by atoms with Gasteiger partial charge in [-0.2, -0.15) is 0 Å². The van der Waals surface area contributed by atoms with Gasteiger partial charge in [-0.25, -0.2) is 4.79 Å². The summed E-state index contributed by atoms with van der Waals surface area (Å²) in [5, 5.41) is 3.02. The zero-order chi connectivity index (χ0) is 22.3. The van der Waals surface area contributed by atoms with Gasteiger partial charge in [-0.05, 0) is 52.5 Å². The van der Waals surface area contributed by atoms with Crippen LogP contribution in [0.3, 0.4) is 0 Å². The first-order chi connectivity index (χ1) is 14.3. The van der Waals surface area contributed by atoms with Gasteiger partial charge in [0.15, 0.2) is 0 Å². The molecule has 30 heavy (non-hydrogen) atoms. The molecule has 2 heterocycles. The van der Waals surface area contributed by atoms with E-state index in [0.717, 1.165) is 25.7 Å². The van der Waals surface area contributed by atoms with Crippen LogP contribution in [0.25, 0.3) is 0 Å². The number of rotatable bonds is 9. The molecule has 0 saturated carbocycles. The van der Waals surface area contributed by atoms with E-state index in [1.54, 1.807) is 32.6 Å². The average Bonchev–Trinajstić information content (AvgIpc) is 3.00. The van der Waals surface area contributed by atoms with Crippen molar-refractivity contribution < 1.29 is 19.1 Å². The lowest BCUT2D eigenvalue weighted by molar-refractivity contribution is -0.126. The van der Waals surface area contributed by atoms with Gasteiger partial charge in [0, 0.05) is 25.3 Å². The van der Waals surface area contributed by atoms with Crippen LogP contribution in [0.15, 0.2) is 0 Å². The van der Waals surface area contributed by atoms with Crippen molar-refractivity contribution in [3.8, 4) is 0 Å². The smallest absolute Gasteiger partial charge is 0.340 e. The summed E-state index contributed by atoms with van der Waals surface area (Å²) in [5.74, 6) is -0.742. The van der Waals surface area contributed by atoms with Crippen molar-refractivity contribution in [2.45, 2.75) is 79.2 Å². The third-order valence-corrected chi connectivity index (χ3v) is 5.61. The first kappa shape index (κ1) is 24.0. The number of aromatic amines is 1. The molecule has 1 aromatic rings. The number of unbranched alkanes of at least 4 members (excludes halogenated alkanes) is 3. The van der Waals surface area contributed by atoms with E-state index >= 15 is 0 Å². The molecule has 0 spiro atoms. The Hall–Kier alpha value is -2.31. The Morgan fingerprint density at radius 3 is 2.60 bits per heavy atom. The van der Waals surface area contributed by atoms with Crippen LogP contribution in [0.2, 0.25) is 0 Å². The van der Waals surface area contributed by atoms with Gasteiger partial charge in [0.2, 0.25) is 5.91 Å². The molecular weight excluding hydrogens is 382 g/mol. The second kappa shape index (κ2) is 11.2. The maximum Gasteiger partial charge on any atom is 0.340 e. The number of carbonyl (C=O) groups is 3. The Morgan fingerprint density at radius 2 is 1.93 bits per heavy atom. The summed E-state index contributed by atoms with van der Waals surface area (Å²) in [6, 6.07) is 0. The molecule has 2 N–H and O–H groups in total. The Balaban J connectivity index is 2.01. The van der Waals surface area contributed by atoms with E-state index in [0.29, 0.717) is 42.1 Å². The second-order valence-corrected chi connectivity index (χ2v) is 8.52. The lowest BCUT2D eigenvalue weighted by atomic mass is 9.96. The van der Waals surface area contributed by atoms with Crippen molar-refractivity contribution in [2.24, 2.45) is 5.92 Å². The Morgan fingerprint density at radius 1 is 1.20 bits per heavy atom. The van der Waals surface area contributed by atoms with Crippen molar-refractivity contribution in [1.29, 1.82) is 0 Å². The zero-order valence-electron chi connectivity index (χ0n) is 19.1. The van der Waals surface area contributed by atoms with Crippen LogP contribution in [0.4, 0.5) is 0 Å². The molecular formula is C23H37N3O4. The Labute approximate surface area is 179 Å². The molecule has 1 saturated heterocycles. The third-order valence-electron chi connectivity index (χ3n) is 5.61. The maximum atomic E-state index is 13.1. The number of piperidine rings is 1. The molecule has 1 atom stereocenters. The number of hydrogen-bond donors (Lipinski definition) is 2. The van der Waals surface area contributed by atoms with Crippen LogP contribution >= 0.6 is 0 Å². The normalized spacial score (nSPS) is 16.6. The van der Waals surface area contributed by atoms with Crippen LogP contribution in [0.5, 0.6) is 0 Å². The fourth-order valence-corrected chi connectivity index (χ4v) is 3.98. The summed E-state index contributed by atoms with van der Waals surface area (Å²) in [7, 11) is 0. The summed E-state index contributed by atoms with van der Waals surface area (Å²) < 4.78 is 5.31. The number of aryl methyl sites for hydroxylation is 1. The highest BCUT2D eigenvalue weighted by atomic mass is 16.5. The Bertz CT molecular complexity index is 754. The summed E-state index contributed by atoms with van der Waals surface area (Å²) in [5.41, 5.74) is 2.06. The molecule has 0 radical (unpaired) electrons. The number of likely N-dealkylation sites (tertiary alicyclic amines) is 1. The number of H-pyrrole nitrogens is 1. The minimum atomic E-state index is -0.422. The predicted molar refractivity (Wildman–Crippen MR) is 117 cm³/mol. The van der Waals surface area contributed by atoms with E-state index in [-0.39, 0.29) is 23.8 Å². The Kier molecular flexibility index (Phi) is 8.93. The number of nitrogens with one attached hydrogen (secondary N) is 2. The fraction of sp³-hybridized carbons (Fsp3) is 0.696. The van der Waals surface area contributed by atoms with Crippen molar-refractivity contribution >= 4 is 17.8 Å². The van der Waals surface area contributed by atoms with E-state index in [9.17, 15) is 14.4 Å². The van der Waals surface area contributed by atoms with Gasteiger partial charge in [-0.3, -0.25) is 9.59 Å². The summed E-state index contributed by atoms with van der Waals surface area (Å²) in [6.07, 6.45) is 5.82. The molecule has 0 aromatic carbocycles. The third kappa shape index (κ3) is 6.09. The van der Waals surface area contributed by atoms with Crippen molar-refractivity contribution in [2.75, 3.05) is 19.6 Å². The number of hydrogen-bond acceptors (Lipinski definition) is 4. The summed E-state index contributed by atoms with van der Waals surface area (Å²) in [4.78, 5) is 42.9. The van der Waals surface area contributed by atoms with Gasteiger partial charge >= 0.3 is 5.97 Å². The van der Waals surface area contributed by atoms with Gasteiger partial charge in [0.1, 0.15) is 5.69 Å². The van der Waals surface area contributed by atoms with Gasteiger partial charge in [-0.15, -0.1) is 0 Å². The first-order valence-corrected chi connectivity index (χ1v) is 11.2. The molecule has 0 bridgehead atoms. The van der Waals surface area contributed by atoms with Gasteiger partial charge in [0.25, 0.3) is 5.91 Å². The number of carbonyl (C=O) groups excluding carboxylic acids is 3. The van der Waals surface area contributed by atoms with Crippen LogP contribution < -0.4 is 5.32 Å². The number of aromatic nitrogens is 1. The molecule has 1 aromatic heterocycles. The number of esters is 1. The van der Waals surface area contributed by atoms with E-state index in [4.69, 9.17) is 4.74 Å². The molecule has 2 amide bonds. The standard InChI is InChI=1S/C23H37N3O4/c1-6-7-8-9-12-24-21(27)18-11-10-13-26(14-18)22(28)20-16(4)19(17(5)25-20)23(29)30-15(2)3/h15,18,25H,6-14H2,1-5H3,(H,24,27)/t18-/m1/s1. The second-order valence-electron chi connectivity index (χ2n) is 8.52. The first-order valence-electron chi connectivity index (χ1n) is 11.2. The van der Waals surface area contributed by atoms with Crippen LogP contribution in [-0.4, -0.2) is 53.4 Å². The number of nitrogens with zero attached hydrogens (tertiary/aromatic N) is 1. The maximum absolute atomic E-state index is 13.1. The predicted octanol–water partition coefficient (Wildman–Crippen LogP) is 3.75. The van der Waals surface area contributed by atoms with Gasteiger partial charge < -0.3 is 19.9 Å². The highest BCUT2D eigenvalue weighted by Crippen LogP contribution is 2.24. The van der Waals surface area contributed by atoms with Crippen molar-refractivity contribution in [1.82, 2.24) is 15.2 Å². The topological polar surface area (TPSA) is 91.5 Å². The molecule has 7 nitrogen and oxygen atoms in total. The molecule has 168 valence electrons. The molecule has 7 heteroatoms. The van der Waals surface area contributed by atoms with Gasteiger partial charge in [-0.1, -0.05) is 26.2 Å². The molecule has 0 unspecified atom stereocenters. The molecule has 1 aliphatic heterocycles. The monoisotopic (exact) mass is 419 g/mol. The largest absolute Gasteiger partial charge is 0.459 e. The number of ether oxygens (including phenoxy) is 1. The molecule has 0 aliphatic carbocycles. The van der Waals surface area contributed by atoms with E-state index in [1.807, 2.05) is 0 Å². The molecule has 1 aliphatic rings. The van der Waals surface area contributed by atoms with Crippen LogP contribution in [0, 0.1) is 19.8 Å². The van der Waals surface area contributed by atoms with E-state index < -0.39 is 5.97 Å². The van der Waals surface area contributed by atoms with Gasteiger partial charge in [0.05, 0.1) is 17.6 Å². The SMILES string of the molecule is CCCCCCNC(=O)[C@@H]1CCCN(C(=O)c2[nH]c(C)c(C(=O)OC(C)C)c2C)C1. The number of amides is 2.